The highest BCUT2D eigenvalue weighted by atomic mass is 16.5. The van der Waals surface area contributed by atoms with E-state index < -0.39 is 0 Å². The second-order valence-corrected chi connectivity index (χ2v) is 9.37. The number of rotatable bonds is 8. The molecule has 3 aromatic carbocycles. The van der Waals surface area contributed by atoms with E-state index in [1.54, 1.807) is 25.4 Å². The molecule has 4 N–H and O–H groups in total. The molecule has 0 spiro atoms. The van der Waals surface area contributed by atoms with Gasteiger partial charge in [0.1, 0.15) is 5.82 Å². The molecule has 1 aliphatic rings. The fourth-order valence-corrected chi connectivity index (χ4v) is 5.10. The van der Waals surface area contributed by atoms with E-state index in [0.717, 1.165) is 18.5 Å². The number of nitrogen functional groups attached to an aromatic ring is 2. The molecule has 8 nitrogen and oxygen atoms in total. The van der Waals surface area contributed by atoms with Crippen LogP contribution in [-0.2, 0) is 12.8 Å². The van der Waals surface area contributed by atoms with E-state index in [0.29, 0.717) is 34.9 Å². The summed E-state index contributed by atoms with van der Waals surface area (Å²) in [5, 5.41) is 0. The van der Waals surface area contributed by atoms with E-state index in [1.807, 2.05) is 30.5 Å². The Morgan fingerprint density at radius 2 is 1.82 bits per heavy atom. The van der Waals surface area contributed by atoms with E-state index in [9.17, 15) is 4.79 Å². The Morgan fingerprint density at radius 3 is 2.56 bits per heavy atom. The van der Waals surface area contributed by atoms with Gasteiger partial charge in [-0.25, -0.2) is 4.98 Å². The molecular formula is C31H31N5O3. The zero-order valence-electron chi connectivity index (χ0n) is 22.0. The topological polar surface area (TPSA) is 117 Å². The summed E-state index contributed by atoms with van der Waals surface area (Å²) in [5.74, 6) is 1.04. The van der Waals surface area contributed by atoms with Gasteiger partial charge in [0.25, 0.3) is 0 Å². The van der Waals surface area contributed by atoms with Gasteiger partial charge in [0.05, 0.1) is 25.8 Å². The molecular weight excluding hydrogens is 490 g/mol. The van der Waals surface area contributed by atoms with Crippen LogP contribution in [0.15, 0.2) is 85.2 Å². The zero-order chi connectivity index (χ0) is 27.4. The molecule has 1 aromatic heterocycles. The van der Waals surface area contributed by atoms with Gasteiger partial charge in [-0.15, -0.1) is 0 Å². The van der Waals surface area contributed by atoms with Crippen molar-refractivity contribution in [3.8, 4) is 11.5 Å². The third-order valence-electron chi connectivity index (χ3n) is 6.97. The van der Waals surface area contributed by atoms with Crippen molar-refractivity contribution in [2.75, 3.05) is 32.2 Å². The van der Waals surface area contributed by atoms with Crippen molar-refractivity contribution in [2.45, 2.75) is 18.9 Å². The summed E-state index contributed by atoms with van der Waals surface area (Å²) in [6, 6.07) is 22.5. The smallest absolute Gasteiger partial charge is 0.221 e. The molecule has 198 valence electrons. The van der Waals surface area contributed by atoms with Crippen LogP contribution in [-0.4, -0.2) is 41.4 Å². The quantitative estimate of drug-likeness (QED) is 0.255. The number of hydrogen-bond acceptors (Lipinski definition) is 8. The first-order valence-electron chi connectivity index (χ1n) is 12.7. The van der Waals surface area contributed by atoms with Crippen LogP contribution in [0.3, 0.4) is 0 Å². The monoisotopic (exact) mass is 521 g/mol. The summed E-state index contributed by atoms with van der Waals surface area (Å²) in [5.41, 5.74) is 17.3. The van der Waals surface area contributed by atoms with Gasteiger partial charge in [0, 0.05) is 37.0 Å². The lowest BCUT2D eigenvalue weighted by molar-refractivity contribution is 0.104. The van der Waals surface area contributed by atoms with E-state index in [-0.39, 0.29) is 17.8 Å². The highest BCUT2D eigenvalue weighted by Gasteiger charge is 2.27. The van der Waals surface area contributed by atoms with Crippen molar-refractivity contribution < 1.29 is 14.3 Å². The highest BCUT2D eigenvalue weighted by molar-refractivity contribution is 6.07. The molecule has 0 amide bonds. The normalized spacial score (nSPS) is 14.7. The Labute approximate surface area is 227 Å². The van der Waals surface area contributed by atoms with Crippen LogP contribution in [0, 0.1) is 0 Å². The molecule has 1 aliphatic heterocycles. The molecule has 0 radical (unpaired) electrons. The molecule has 5 rings (SSSR count). The average molecular weight is 522 g/mol. The van der Waals surface area contributed by atoms with Gasteiger partial charge in [-0.3, -0.25) is 4.79 Å². The number of carbonyl (C=O) groups excluding carboxylic acids is 1. The van der Waals surface area contributed by atoms with Gasteiger partial charge in [0.15, 0.2) is 17.3 Å². The summed E-state index contributed by atoms with van der Waals surface area (Å²) in [6.07, 6.45) is 6.38. The van der Waals surface area contributed by atoms with Gasteiger partial charge in [0.2, 0.25) is 5.95 Å². The van der Waals surface area contributed by atoms with Crippen molar-refractivity contribution in [1.29, 1.82) is 0 Å². The molecule has 0 saturated heterocycles. The summed E-state index contributed by atoms with van der Waals surface area (Å²) in [7, 11) is 3.07. The Hall–Kier alpha value is -4.85. The molecule has 0 aliphatic carbocycles. The summed E-state index contributed by atoms with van der Waals surface area (Å²) in [6.45, 7) is 0.789. The van der Waals surface area contributed by atoms with E-state index >= 15 is 0 Å². The van der Waals surface area contributed by atoms with Crippen molar-refractivity contribution in [1.82, 2.24) is 14.9 Å². The number of aromatic nitrogens is 2. The van der Waals surface area contributed by atoms with Crippen LogP contribution in [0.1, 0.15) is 44.2 Å². The number of allylic oxidation sites excluding steroid dienone is 1. The Balaban J connectivity index is 1.48. The van der Waals surface area contributed by atoms with Crippen LogP contribution < -0.4 is 20.9 Å². The average Bonchev–Trinajstić information content (AvgIpc) is 2.96. The number of ketones is 1. The Kier molecular flexibility index (Phi) is 7.45. The van der Waals surface area contributed by atoms with Gasteiger partial charge >= 0.3 is 0 Å². The number of carbonyl (C=O) groups is 1. The van der Waals surface area contributed by atoms with Gasteiger partial charge in [-0.1, -0.05) is 54.6 Å². The fourth-order valence-electron chi connectivity index (χ4n) is 5.10. The second kappa shape index (κ2) is 11.3. The Morgan fingerprint density at radius 1 is 1.05 bits per heavy atom. The molecule has 1 unspecified atom stereocenters. The largest absolute Gasteiger partial charge is 0.493 e. The summed E-state index contributed by atoms with van der Waals surface area (Å²) in [4.78, 5) is 23.9. The van der Waals surface area contributed by atoms with Gasteiger partial charge in [-0.2, -0.15) is 4.98 Å². The zero-order valence-corrected chi connectivity index (χ0v) is 22.0. The first-order chi connectivity index (χ1) is 19.0. The van der Waals surface area contributed by atoms with Crippen molar-refractivity contribution in [3.05, 3.63) is 119 Å². The fraction of sp³-hybridized carbons (Fsp3) is 0.194. The predicted molar refractivity (Wildman–Crippen MR) is 152 cm³/mol. The van der Waals surface area contributed by atoms with E-state index in [2.05, 4.69) is 51.3 Å². The summed E-state index contributed by atoms with van der Waals surface area (Å²) >= 11 is 0. The maximum Gasteiger partial charge on any atom is 0.221 e. The molecule has 1 atom stereocenters. The number of nitrogens with two attached hydrogens (primary N) is 2. The third kappa shape index (κ3) is 5.40. The third-order valence-corrected chi connectivity index (χ3v) is 6.97. The molecule has 0 fully saturated rings. The molecule has 0 bridgehead atoms. The van der Waals surface area contributed by atoms with Crippen molar-refractivity contribution in [3.63, 3.8) is 0 Å². The minimum Gasteiger partial charge on any atom is -0.493 e. The van der Waals surface area contributed by atoms with E-state index in [4.69, 9.17) is 20.9 Å². The van der Waals surface area contributed by atoms with Crippen molar-refractivity contribution in [2.24, 2.45) is 0 Å². The number of ether oxygens (including phenoxy) is 2. The maximum atomic E-state index is 13.6. The van der Waals surface area contributed by atoms with Gasteiger partial charge < -0.3 is 25.8 Å². The van der Waals surface area contributed by atoms with Gasteiger partial charge in [-0.05, 0) is 40.8 Å². The number of anilines is 2. The number of nitrogens with zero attached hydrogens (tertiary/aromatic N) is 3. The number of hydrogen-bond donors (Lipinski definition) is 2. The lowest BCUT2D eigenvalue weighted by atomic mass is 9.88. The predicted octanol–water partition coefficient (Wildman–Crippen LogP) is 4.59. The Bertz CT molecular complexity index is 1520. The van der Waals surface area contributed by atoms with E-state index in [1.165, 1.54) is 23.8 Å². The van der Waals surface area contributed by atoms with Crippen LogP contribution >= 0.6 is 0 Å². The highest BCUT2D eigenvalue weighted by Crippen LogP contribution is 2.37. The molecule has 0 saturated carbocycles. The molecule has 2 heterocycles. The molecule has 8 heteroatoms. The minimum absolute atomic E-state index is 0.0106. The van der Waals surface area contributed by atoms with Crippen molar-refractivity contribution >= 4 is 17.5 Å². The SMILES string of the molecule is COc1cc(Cc2cnc(N)nc2N)cc(C(=O)/C=C/N2CCc3ccccc3C2c2ccccc2)c1OC. The maximum absolute atomic E-state index is 13.6. The van der Waals surface area contributed by atoms with Crippen LogP contribution in [0.5, 0.6) is 11.5 Å². The standard InChI is InChI=1S/C31H31N5O3/c1-38-27-18-20(16-23-19-34-31(33)35-30(23)32)17-25(29(27)39-2)26(37)13-15-36-14-12-21-8-6-7-11-24(21)28(36)22-9-4-3-5-10-22/h3-11,13,15,17-19,28H,12,14,16H2,1-2H3,(H4,32,33,34,35)/b15-13+. The first kappa shape index (κ1) is 25.8. The lowest BCUT2D eigenvalue weighted by Crippen LogP contribution is -2.32. The number of benzene rings is 3. The molecule has 4 aromatic rings. The second-order valence-electron chi connectivity index (χ2n) is 9.37. The van der Waals surface area contributed by atoms with Crippen LogP contribution in [0.4, 0.5) is 11.8 Å². The number of fused-ring (bicyclic) bond motifs is 1. The van der Waals surface area contributed by atoms with Crippen LogP contribution in [0.25, 0.3) is 0 Å². The summed E-state index contributed by atoms with van der Waals surface area (Å²) < 4.78 is 11.2. The number of methoxy groups -OCH3 is 2. The lowest BCUT2D eigenvalue weighted by Gasteiger charge is -2.37. The van der Waals surface area contributed by atoms with Crippen LogP contribution in [0.2, 0.25) is 0 Å². The molecule has 39 heavy (non-hydrogen) atoms. The first-order valence-corrected chi connectivity index (χ1v) is 12.7. The minimum atomic E-state index is -0.195.